The van der Waals surface area contributed by atoms with E-state index >= 15 is 0 Å². The van der Waals surface area contributed by atoms with Crippen LogP contribution in [0.1, 0.15) is 16.1 Å². The SMILES string of the molecule is O=C1NCCc2[nH]c(-c3cccc4ccc(-c5ccccc5F)nc34)cc21. The van der Waals surface area contributed by atoms with Gasteiger partial charge in [-0.2, -0.15) is 0 Å². The van der Waals surface area contributed by atoms with E-state index in [1.165, 1.54) is 6.07 Å². The Morgan fingerprint density at radius 3 is 2.63 bits per heavy atom. The van der Waals surface area contributed by atoms with Gasteiger partial charge in [0.05, 0.1) is 16.8 Å². The number of carbonyl (C=O) groups excluding carboxylic acids is 1. The second-order valence-corrected chi connectivity index (χ2v) is 6.63. The molecule has 2 aromatic heterocycles. The second kappa shape index (κ2) is 6.06. The van der Waals surface area contributed by atoms with Crippen molar-refractivity contribution in [2.75, 3.05) is 6.54 Å². The summed E-state index contributed by atoms with van der Waals surface area (Å²) in [5.74, 6) is -0.354. The number of nitrogens with one attached hydrogen (secondary N) is 2. The van der Waals surface area contributed by atoms with Crippen LogP contribution in [0.2, 0.25) is 0 Å². The first-order valence-electron chi connectivity index (χ1n) is 8.86. The van der Waals surface area contributed by atoms with Crippen LogP contribution in [0.15, 0.2) is 60.7 Å². The number of rotatable bonds is 2. The maximum absolute atomic E-state index is 14.2. The number of amides is 1. The summed E-state index contributed by atoms with van der Waals surface area (Å²) in [5.41, 5.74) is 5.20. The van der Waals surface area contributed by atoms with Crippen LogP contribution in [0.3, 0.4) is 0 Å². The maximum atomic E-state index is 14.2. The number of hydrogen-bond acceptors (Lipinski definition) is 2. The third kappa shape index (κ3) is 2.59. The van der Waals surface area contributed by atoms with Gasteiger partial charge in [-0.25, -0.2) is 9.37 Å². The number of halogens is 1. The van der Waals surface area contributed by atoms with Gasteiger partial charge in [0.1, 0.15) is 5.82 Å². The summed E-state index contributed by atoms with van der Waals surface area (Å²) in [4.78, 5) is 20.2. The Morgan fingerprint density at radius 2 is 1.78 bits per heavy atom. The molecule has 0 saturated carbocycles. The van der Waals surface area contributed by atoms with Crippen molar-refractivity contribution in [3.63, 3.8) is 0 Å². The van der Waals surface area contributed by atoms with Crippen molar-refractivity contribution in [2.24, 2.45) is 0 Å². The molecule has 0 saturated heterocycles. The summed E-state index contributed by atoms with van der Waals surface area (Å²) in [6.45, 7) is 0.636. The van der Waals surface area contributed by atoms with E-state index in [4.69, 9.17) is 4.98 Å². The highest BCUT2D eigenvalue weighted by molar-refractivity contribution is 6.00. The van der Waals surface area contributed by atoms with Crippen LogP contribution >= 0.6 is 0 Å². The molecule has 132 valence electrons. The molecule has 0 atom stereocenters. The minimum absolute atomic E-state index is 0.0565. The van der Waals surface area contributed by atoms with Gasteiger partial charge in [-0.3, -0.25) is 4.79 Å². The average molecular weight is 357 g/mol. The summed E-state index contributed by atoms with van der Waals surface area (Å²) in [6.07, 6.45) is 0.778. The maximum Gasteiger partial charge on any atom is 0.253 e. The monoisotopic (exact) mass is 357 g/mol. The number of pyridine rings is 1. The highest BCUT2D eigenvalue weighted by Gasteiger charge is 2.21. The fraction of sp³-hybridized carbons (Fsp3) is 0.0909. The van der Waals surface area contributed by atoms with E-state index in [9.17, 15) is 9.18 Å². The number of H-pyrrole nitrogens is 1. The molecule has 0 bridgehead atoms. The van der Waals surface area contributed by atoms with E-state index in [2.05, 4.69) is 10.3 Å². The summed E-state index contributed by atoms with van der Waals surface area (Å²) in [6, 6.07) is 18.2. The molecular formula is C22H16FN3O. The largest absolute Gasteiger partial charge is 0.358 e. The number of aromatic nitrogens is 2. The van der Waals surface area contributed by atoms with Crippen LogP contribution in [0, 0.1) is 5.82 Å². The average Bonchev–Trinajstić information content (AvgIpc) is 3.13. The molecule has 3 heterocycles. The first-order valence-corrected chi connectivity index (χ1v) is 8.86. The molecular weight excluding hydrogens is 341 g/mol. The van der Waals surface area contributed by atoms with E-state index < -0.39 is 0 Å². The number of nitrogens with zero attached hydrogens (tertiary/aromatic N) is 1. The van der Waals surface area contributed by atoms with Crippen molar-refractivity contribution in [1.82, 2.24) is 15.3 Å². The number of para-hydroxylation sites is 1. The number of benzene rings is 2. The molecule has 27 heavy (non-hydrogen) atoms. The normalized spacial score (nSPS) is 13.4. The van der Waals surface area contributed by atoms with Crippen molar-refractivity contribution in [2.45, 2.75) is 6.42 Å². The zero-order valence-electron chi connectivity index (χ0n) is 14.4. The third-order valence-electron chi connectivity index (χ3n) is 4.96. The van der Waals surface area contributed by atoms with Gasteiger partial charge in [-0.05, 0) is 24.3 Å². The minimum atomic E-state index is -0.297. The summed E-state index contributed by atoms with van der Waals surface area (Å²) < 4.78 is 14.2. The minimum Gasteiger partial charge on any atom is -0.358 e. The van der Waals surface area contributed by atoms with Gasteiger partial charge in [-0.1, -0.05) is 36.4 Å². The van der Waals surface area contributed by atoms with E-state index in [-0.39, 0.29) is 11.7 Å². The first kappa shape index (κ1) is 15.8. The summed E-state index contributed by atoms with van der Waals surface area (Å²) in [5, 5.41) is 3.82. The molecule has 1 aliphatic heterocycles. The lowest BCUT2D eigenvalue weighted by Crippen LogP contribution is -2.31. The molecule has 0 spiro atoms. The summed E-state index contributed by atoms with van der Waals surface area (Å²) >= 11 is 0. The lowest BCUT2D eigenvalue weighted by molar-refractivity contribution is 0.0946. The molecule has 5 rings (SSSR count). The Hall–Kier alpha value is -3.47. The lowest BCUT2D eigenvalue weighted by Gasteiger charge is -2.11. The number of carbonyl (C=O) groups is 1. The Kier molecular flexibility index (Phi) is 3.53. The van der Waals surface area contributed by atoms with Gasteiger partial charge >= 0.3 is 0 Å². The fourth-order valence-electron chi connectivity index (χ4n) is 3.62. The molecule has 2 aromatic carbocycles. The number of hydrogen-bond donors (Lipinski definition) is 2. The molecule has 0 unspecified atom stereocenters. The predicted molar refractivity (Wildman–Crippen MR) is 103 cm³/mol. The lowest BCUT2D eigenvalue weighted by atomic mass is 10.0. The van der Waals surface area contributed by atoms with Gasteiger partial charge in [0, 0.05) is 40.9 Å². The van der Waals surface area contributed by atoms with Crippen molar-refractivity contribution in [1.29, 1.82) is 0 Å². The van der Waals surface area contributed by atoms with Gasteiger partial charge in [0.25, 0.3) is 5.91 Å². The molecule has 0 radical (unpaired) electrons. The quantitative estimate of drug-likeness (QED) is 0.561. The van der Waals surface area contributed by atoms with Crippen molar-refractivity contribution in [3.05, 3.63) is 77.7 Å². The molecule has 4 nitrogen and oxygen atoms in total. The van der Waals surface area contributed by atoms with Crippen LogP contribution < -0.4 is 5.32 Å². The Bertz CT molecular complexity index is 1200. The zero-order chi connectivity index (χ0) is 18.4. The van der Waals surface area contributed by atoms with Crippen LogP contribution in [0.25, 0.3) is 33.4 Å². The third-order valence-corrected chi connectivity index (χ3v) is 4.96. The fourth-order valence-corrected chi connectivity index (χ4v) is 3.62. The van der Waals surface area contributed by atoms with E-state index in [1.807, 2.05) is 36.4 Å². The molecule has 1 aliphatic rings. The molecule has 0 fully saturated rings. The highest BCUT2D eigenvalue weighted by atomic mass is 19.1. The van der Waals surface area contributed by atoms with Gasteiger partial charge < -0.3 is 10.3 Å². The Balaban J connectivity index is 1.70. The second-order valence-electron chi connectivity index (χ2n) is 6.63. The van der Waals surface area contributed by atoms with Gasteiger partial charge in [0.15, 0.2) is 0 Å². The Labute approximate surface area is 155 Å². The van der Waals surface area contributed by atoms with E-state index in [0.29, 0.717) is 23.4 Å². The van der Waals surface area contributed by atoms with E-state index in [0.717, 1.165) is 34.3 Å². The smallest absolute Gasteiger partial charge is 0.253 e. The highest BCUT2D eigenvalue weighted by Crippen LogP contribution is 2.31. The standard InChI is InChI=1S/C22H16FN3O/c23-17-7-2-1-5-14(17)18-9-8-13-4-3-6-15(21(13)26-18)20-12-16-19(25-20)10-11-24-22(16)27/h1-9,12,25H,10-11H2,(H,24,27). The number of fused-ring (bicyclic) bond motifs is 2. The van der Waals surface area contributed by atoms with E-state index in [1.54, 1.807) is 18.2 Å². The van der Waals surface area contributed by atoms with Crippen LogP contribution in [-0.4, -0.2) is 22.4 Å². The van der Waals surface area contributed by atoms with Crippen LogP contribution in [0.4, 0.5) is 4.39 Å². The topological polar surface area (TPSA) is 57.8 Å². The molecule has 0 aliphatic carbocycles. The molecule has 2 N–H and O–H groups in total. The zero-order valence-corrected chi connectivity index (χ0v) is 14.4. The molecule has 4 aromatic rings. The van der Waals surface area contributed by atoms with Gasteiger partial charge in [0.2, 0.25) is 0 Å². The van der Waals surface area contributed by atoms with Crippen LogP contribution in [-0.2, 0) is 6.42 Å². The van der Waals surface area contributed by atoms with Gasteiger partial charge in [-0.15, -0.1) is 0 Å². The first-order chi connectivity index (χ1) is 13.2. The van der Waals surface area contributed by atoms with Crippen molar-refractivity contribution in [3.8, 4) is 22.5 Å². The Morgan fingerprint density at radius 1 is 0.926 bits per heavy atom. The number of aromatic amines is 1. The molecule has 5 heteroatoms. The van der Waals surface area contributed by atoms with Crippen LogP contribution in [0.5, 0.6) is 0 Å². The van der Waals surface area contributed by atoms with Crippen molar-refractivity contribution >= 4 is 16.8 Å². The summed E-state index contributed by atoms with van der Waals surface area (Å²) in [7, 11) is 0. The predicted octanol–water partition coefficient (Wildman–Crippen LogP) is 4.32. The molecule has 1 amide bonds. The van der Waals surface area contributed by atoms with Crippen molar-refractivity contribution < 1.29 is 9.18 Å².